The molecule has 96 valence electrons. The Kier molecular flexibility index (Phi) is 3.02. The van der Waals surface area contributed by atoms with E-state index in [9.17, 15) is 4.79 Å². The van der Waals surface area contributed by atoms with Crippen molar-refractivity contribution in [3.63, 3.8) is 0 Å². The fourth-order valence-corrected chi connectivity index (χ4v) is 4.23. The fraction of sp³-hybridized carbons (Fsp3) is 0.933. The molecule has 2 heteroatoms. The van der Waals surface area contributed by atoms with Crippen molar-refractivity contribution in [2.45, 2.75) is 63.9 Å². The molecule has 0 radical (unpaired) electrons. The second-order valence-electron chi connectivity index (χ2n) is 6.60. The first-order chi connectivity index (χ1) is 8.17. The van der Waals surface area contributed by atoms with E-state index in [4.69, 9.17) is 4.74 Å². The lowest BCUT2D eigenvalue weighted by atomic mass is 9.80. The Bertz CT molecular complexity index is 304. The van der Waals surface area contributed by atoms with Crippen LogP contribution in [0.25, 0.3) is 0 Å². The zero-order chi connectivity index (χ0) is 11.9. The number of rotatable bonds is 3. The van der Waals surface area contributed by atoms with E-state index in [2.05, 4.69) is 0 Å². The molecule has 0 N–H and O–H groups in total. The van der Waals surface area contributed by atoms with Gasteiger partial charge in [0.05, 0.1) is 0 Å². The van der Waals surface area contributed by atoms with Crippen LogP contribution in [0, 0.1) is 17.8 Å². The third-order valence-electron chi connectivity index (χ3n) is 5.39. The highest BCUT2D eigenvalue weighted by Crippen LogP contribution is 2.50. The number of carbonyl (C=O) groups is 1. The number of fused-ring (bicyclic) bond motifs is 2. The van der Waals surface area contributed by atoms with Gasteiger partial charge in [-0.05, 0) is 63.2 Å². The Morgan fingerprint density at radius 3 is 2.76 bits per heavy atom. The molecule has 2 nitrogen and oxygen atoms in total. The first-order valence-corrected chi connectivity index (χ1v) is 7.35. The lowest BCUT2D eigenvalue weighted by Gasteiger charge is -2.34. The molecule has 0 aromatic carbocycles. The van der Waals surface area contributed by atoms with Gasteiger partial charge in [-0.3, -0.25) is 4.79 Å². The minimum atomic E-state index is -0.444. The summed E-state index contributed by atoms with van der Waals surface area (Å²) in [4.78, 5) is 12.4. The summed E-state index contributed by atoms with van der Waals surface area (Å²) in [6.07, 6.45) is 9.51. The maximum absolute atomic E-state index is 12.4. The van der Waals surface area contributed by atoms with Crippen LogP contribution in [0.1, 0.15) is 58.3 Å². The predicted molar refractivity (Wildman–Crippen MR) is 66.8 cm³/mol. The molecule has 3 rings (SSSR count). The number of hydrogen-bond donors (Lipinski definition) is 0. The maximum atomic E-state index is 12.4. The van der Waals surface area contributed by atoms with Gasteiger partial charge in [-0.25, -0.2) is 0 Å². The van der Waals surface area contributed by atoms with E-state index in [1.165, 1.54) is 25.7 Å². The second kappa shape index (κ2) is 4.38. The average molecular weight is 236 g/mol. The molecular formula is C15H24O2. The number of Topliss-reactive ketones (excluding diaryl/α,β-unsaturated/α-hetero) is 1. The van der Waals surface area contributed by atoms with Gasteiger partial charge in [-0.1, -0.05) is 6.42 Å². The van der Waals surface area contributed by atoms with E-state index in [1.807, 2.05) is 6.92 Å². The second-order valence-corrected chi connectivity index (χ2v) is 6.60. The zero-order valence-electron chi connectivity index (χ0n) is 10.9. The molecule has 0 aromatic rings. The largest absolute Gasteiger partial charge is 0.368 e. The predicted octanol–water partition coefficient (Wildman–Crippen LogP) is 3.34. The van der Waals surface area contributed by atoms with E-state index in [0.717, 1.165) is 44.1 Å². The SMILES string of the molecule is CC1(C(=O)CC2CC3CCC2C3)CCCCO1. The molecular weight excluding hydrogens is 212 g/mol. The van der Waals surface area contributed by atoms with Crippen LogP contribution >= 0.6 is 0 Å². The quantitative estimate of drug-likeness (QED) is 0.751. The van der Waals surface area contributed by atoms with Gasteiger partial charge in [-0.2, -0.15) is 0 Å². The molecule has 0 aromatic heterocycles. The molecule has 1 heterocycles. The highest BCUT2D eigenvalue weighted by molar-refractivity contribution is 5.87. The van der Waals surface area contributed by atoms with Crippen LogP contribution in [0.4, 0.5) is 0 Å². The summed E-state index contributed by atoms with van der Waals surface area (Å²) in [7, 11) is 0. The van der Waals surface area contributed by atoms with Crippen LogP contribution in [-0.2, 0) is 9.53 Å². The third-order valence-corrected chi connectivity index (χ3v) is 5.39. The van der Waals surface area contributed by atoms with E-state index >= 15 is 0 Å². The Morgan fingerprint density at radius 2 is 2.18 bits per heavy atom. The fourth-order valence-electron chi connectivity index (χ4n) is 4.23. The zero-order valence-corrected chi connectivity index (χ0v) is 10.9. The summed E-state index contributed by atoms with van der Waals surface area (Å²) < 4.78 is 5.77. The number of hydrogen-bond acceptors (Lipinski definition) is 2. The van der Waals surface area contributed by atoms with E-state index in [1.54, 1.807) is 0 Å². The molecule has 3 fully saturated rings. The van der Waals surface area contributed by atoms with Crippen molar-refractivity contribution in [1.82, 2.24) is 0 Å². The first kappa shape index (κ1) is 11.7. The normalized spacial score (nSPS) is 45.1. The summed E-state index contributed by atoms with van der Waals surface area (Å²) in [5, 5.41) is 0. The summed E-state index contributed by atoms with van der Waals surface area (Å²) in [6.45, 7) is 2.79. The lowest BCUT2D eigenvalue weighted by molar-refractivity contribution is -0.149. The number of ether oxygens (including phenoxy) is 1. The van der Waals surface area contributed by atoms with E-state index < -0.39 is 5.60 Å². The molecule has 1 saturated heterocycles. The smallest absolute Gasteiger partial charge is 0.164 e. The summed E-state index contributed by atoms with van der Waals surface area (Å²) in [5.74, 6) is 2.87. The lowest BCUT2D eigenvalue weighted by Crippen LogP contribution is -2.42. The van der Waals surface area contributed by atoms with Crippen molar-refractivity contribution in [3.8, 4) is 0 Å². The van der Waals surface area contributed by atoms with E-state index in [-0.39, 0.29) is 0 Å². The molecule has 17 heavy (non-hydrogen) atoms. The van der Waals surface area contributed by atoms with Crippen LogP contribution in [0.15, 0.2) is 0 Å². The standard InChI is InChI=1S/C15H24O2/c1-15(6-2-3-7-17-15)14(16)10-13-9-11-4-5-12(13)8-11/h11-13H,2-10H2,1H3. The highest BCUT2D eigenvalue weighted by Gasteiger charge is 2.43. The van der Waals surface area contributed by atoms with Crippen molar-refractivity contribution >= 4 is 5.78 Å². The number of carbonyl (C=O) groups excluding carboxylic acids is 1. The number of ketones is 1. The highest BCUT2D eigenvalue weighted by atomic mass is 16.5. The molecule has 2 saturated carbocycles. The maximum Gasteiger partial charge on any atom is 0.164 e. The molecule has 4 atom stereocenters. The summed E-state index contributed by atoms with van der Waals surface area (Å²) >= 11 is 0. The van der Waals surface area contributed by atoms with Crippen molar-refractivity contribution in [1.29, 1.82) is 0 Å². The average Bonchev–Trinajstić information content (AvgIpc) is 2.92. The molecule has 3 aliphatic rings. The van der Waals surface area contributed by atoms with Gasteiger partial charge in [0.15, 0.2) is 5.78 Å². The molecule has 1 aliphatic heterocycles. The third kappa shape index (κ3) is 2.16. The first-order valence-electron chi connectivity index (χ1n) is 7.35. The van der Waals surface area contributed by atoms with E-state index in [0.29, 0.717) is 11.7 Å². The topological polar surface area (TPSA) is 26.3 Å². The Balaban J connectivity index is 1.59. The Morgan fingerprint density at radius 1 is 1.29 bits per heavy atom. The minimum Gasteiger partial charge on any atom is -0.368 e. The summed E-state index contributed by atoms with van der Waals surface area (Å²) in [6, 6.07) is 0. The Labute approximate surface area is 104 Å². The molecule has 2 bridgehead atoms. The van der Waals surface area contributed by atoms with Gasteiger partial charge in [0.25, 0.3) is 0 Å². The van der Waals surface area contributed by atoms with Gasteiger partial charge in [0, 0.05) is 13.0 Å². The Hall–Kier alpha value is -0.370. The van der Waals surface area contributed by atoms with Gasteiger partial charge < -0.3 is 4.74 Å². The van der Waals surface area contributed by atoms with Crippen LogP contribution in [-0.4, -0.2) is 18.0 Å². The molecule has 0 spiro atoms. The van der Waals surface area contributed by atoms with Crippen LogP contribution in [0.2, 0.25) is 0 Å². The van der Waals surface area contributed by atoms with Gasteiger partial charge in [0.1, 0.15) is 5.60 Å². The van der Waals surface area contributed by atoms with Crippen LogP contribution < -0.4 is 0 Å². The minimum absolute atomic E-state index is 0.384. The monoisotopic (exact) mass is 236 g/mol. The molecule has 2 aliphatic carbocycles. The van der Waals surface area contributed by atoms with Gasteiger partial charge >= 0.3 is 0 Å². The molecule has 0 amide bonds. The van der Waals surface area contributed by atoms with Crippen molar-refractivity contribution in [2.24, 2.45) is 17.8 Å². The summed E-state index contributed by atoms with van der Waals surface area (Å²) in [5.41, 5.74) is -0.444. The van der Waals surface area contributed by atoms with Crippen LogP contribution in [0.5, 0.6) is 0 Å². The molecule has 4 unspecified atom stereocenters. The van der Waals surface area contributed by atoms with Crippen molar-refractivity contribution in [3.05, 3.63) is 0 Å². The van der Waals surface area contributed by atoms with Crippen molar-refractivity contribution < 1.29 is 9.53 Å². The van der Waals surface area contributed by atoms with Crippen molar-refractivity contribution in [2.75, 3.05) is 6.61 Å². The van der Waals surface area contributed by atoms with Gasteiger partial charge in [0.2, 0.25) is 0 Å². The van der Waals surface area contributed by atoms with Crippen LogP contribution in [0.3, 0.4) is 0 Å². The van der Waals surface area contributed by atoms with Gasteiger partial charge in [-0.15, -0.1) is 0 Å².